The molecule has 0 saturated carbocycles. The Morgan fingerprint density at radius 2 is 2.03 bits per heavy atom. The summed E-state index contributed by atoms with van der Waals surface area (Å²) >= 11 is 2.69. The Morgan fingerprint density at radius 3 is 2.69 bits per heavy atom. The highest BCUT2D eigenvalue weighted by Crippen LogP contribution is 2.25. The van der Waals surface area contributed by atoms with E-state index in [9.17, 15) is 14.4 Å². The number of fused-ring (bicyclic) bond motifs is 1. The van der Waals surface area contributed by atoms with E-state index in [0.29, 0.717) is 27.6 Å². The molecule has 2 aromatic heterocycles. The minimum Gasteiger partial charge on any atom is -0.478 e. The maximum absolute atomic E-state index is 12.8. The second kappa shape index (κ2) is 8.79. The van der Waals surface area contributed by atoms with Gasteiger partial charge >= 0.3 is 5.97 Å². The number of thiophene rings is 1. The molecule has 152 valence electrons. The van der Waals surface area contributed by atoms with E-state index in [0.717, 1.165) is 16.9 Å². The maximum Gasteiger partial charge on any atom is 0.335 e. The third-order valence-corrected chi connectivity index (χ3v) is 6.57. The van der Waals surface area contributed by atoms with Crippen LogP contribution in [0, 0.1) is 6.92 Å². The number of nitrogens with one attached hydrogen (secondary N) is 1. The van der Waals surface area contributed by atoms with Crippen molar-refractivity contribution in [1.29, 1.82) is 0 Å². The van der Waals surface area contributed by atoms with E-state index in [1.807, 2.05) is 19.9 Å². The van der Waals surface area contributed by atoms with Crippen molar-refractivity contribution in [3.8, 4) is 0 Å². The van der Waals surface area contributed by atoms with Gasteiger partial charge in [-0.15, -0.1) is 11.3 Å². The third-order valence-electron chi connectivity index (χ3n) is 4.42. The molecule has 0 aliphatic carbocycles. The fourth-order valence-electron chi connectivity index (χ4n) is 2.82. The highest BCUT2D eigenvalue weighted by Gasteiger charge is 2.15. The van der Waals surface area contributed by atoms with Gasteiger partial charge < -0.3 is 10.4 Å². The van der Waals surface area contributed by atoms with Crippen LogP contribution in [0.5, 0.6) is 0 Å². The van der Waals surface area contributed by atoms with Gasteiger partial charge in [0, 0.05) is 17.1 Å². The van der Waals surface area contributed by atoms with Crippen LogP contribution >= 0.6 is 23.1 Å². The number of aromatic carboxylic acids is 1. The number of carbonyl (C=O) groups excluding carboxylic acids is 1. The molecule has 0 radical (unpaired) electrons. The molecule has 3 rings (SSSR count). The number of benzene rings is 1. The number of carbonyl (C=O) groups is 2. The molecule has 29 heavy (non-hydrogen) atoms. The van der Waals surface area contributed by atoms with Gasteiger partial charge in [-0.3, -0.25) is 14.2 Å². The van der Waals surface area contributed by atoms with Gasteiger partial charge in [0.05, 0.1) is 16.7 Å². The zero-order valence-electron chi connectivity index (χ0n) is 16.3. The van der Waals surface area contributed by atoms with E-state index >= 15 is 0 Å². The summed E-state index contributed by atoms with van der Waals surface area (Å²) in [6.07, 6.45) is 0.840. The number of carboxylic acid groups (broad SMARTS) is 1. The van der Waals surface area contributed by atoms with Gasteiger partial charge in [0.15, 0.2) is 5.16 Å². The SMILES string of the molecule is CCc1cc2c(=O)n(CC)c(SCC(=O)Nc3cc(C(=O)O)ccc3C)nc2s1. The number of carboxylic acids is 1. The smallest absolute Gasteiger partial charge is 0.335 e. The van der Waals surface area contributed by atoms with Crippen molar-refractivity contribution in [2.75, 3.05) is 11.1 Å². The lowest BCUT2D eigenvalue weighted by atomic mass is 10.1. The molecule has 0 atom stereocenters. The van der Waals surface area contributed by atoms with Crippen molar-refractivity contribution in [3.63, 3.8) is 0 Å². The third kappa shape index (κ3) is 4.51. The van der Waals surface area contributed by atoms with E-state index in [1.165, 1.54) is 35.2 Å². The van der Waals surface area contributed by atoms with E-state index in [2.05, 4.69) is 10.3 Å². The zero-order valence-corrected chi connectivity index (χ0v) is 17.9. The number of hydrogen-bond acceptors (Lipinski definition) is 6. The van der Waals surface area contributed by atoms with Gasteiger partial charge in [-0.1, -0.05) is 24.8 Å². The molecule has 9 heteroatoms. The number of hydrogen-bond donors (Lipinski definition) is 2. The summed E-state index contributed by atoms with van der Waals surface area (Å²) in [5.41, 5.74) is 1.23. The van der Waals surface area contributed by atoms with Crippen LogP contribution in [-0.4, -0.2) is 32.3 Å². The molecular formula is C20H21N3O4S2. The Hall–Kier alpha value is -2.65. The first-order valence-corrected chi connectivity index (χ1v) is 10.9. The van der Waals surface area contributed by atoms with Gasteiger partial charge in [-0.25, -0.2) is 9.78 Å². The molecule has 0 aliphatic rings. The van der Waals surface area contributed by atoms with Crippen molar-refractivity contribution in [3.05, 3.63) is 50.6 Å². The zero-order chi connectivity index (χ0) is 21.1. The number of aryl methyl sites for hydroxylation is 2. The number of nitrogens with zero attached hydrogens (tertiary/aromatic N) is 2. The first kappa shape index (κ1) is 21.1. The molecule has 7 nitrogen and oxygen atoms in total. The summed E-state index contributed by atoms with van der Waals surface area (Å²) in [5, 5.41) is 13.0. The van der Waals surface area contributed by atoms with Crippen molar-refractivity contribution in [2.24, 2.45) is 0 Å². The maximum atomic E-state index is 12.8. The van der Waals surface area contributed by atoms with Gasteiger partial charge in [0.1, 0.15) is 4.83 Å². The molecule has 1 aromatic carbocycles. The molecule has 0 unspecified atom stereocenters. The Morgan fingerprint density at radius 1 is 1.28 bits per heavy atom. The average Bonchev–Trinajstić information content (AvgIpc) is 3.11. The van der Waals surface area contributed by atoms with Crippen molar-refractivity contribution >= 4 is 50.9 Å². The average molecular weight is 432 g/mol. The molecule has 3 aromatic rings. The lowest BCUT2D eigenvalue weighted by Gasteiger charge is -2.11. The minimum absolute atomic E-state index is 0.0562. The van der Waals surface area contributed by atoms with Crippen molar-refractivity contribution in [2.45, 2.75) is 38.9 Å². The number of rotatable bonds is 7. The van der Waals surface area contributed by atoms with Gasteiger partial charge in [0.2, 0.25) is 5.91 Å². The van der Waals surface area contributed by atoms with Crippen LogP contribution in [0.3, 0.4) is 0 Å². The molecule has 2 N–H and O–H groups in total. The van der Waals surface area contributed by atoms with Crippen LogP contribution in [0.4, 0.5) is 5.69 Å². The molecule has 0 spiro atoms. The highest BCUT2D eigenvalue weighted by molar-refractivity contribution is 7.99. The van der Waals surface area contributed by atoms with Crippen LogP contribution in [0.2, 0.25) is 0 Å². The molecule has 2 heterocycles. The number of aromatic nitrogens is 2. The Bertz CT molecular complexity index is 1150. The summed E-state index contributed by atoms with van der Waals surface area (Å²) < 4.78 is 1.57. The molecule has 0 saturated heterocycles. The monoisotopic (exact) mass is 431 g/mol. The predicted molar refractivity (Wildman–Crippen MR) is 116 cm³/mol. The summed E-state index contributed by atoms with van der Waals surface area (Å²) in [6, 6.07) is 6.47. The van der Waals surface area contributed by atoms with Crippen LogP contribution in [-0.2, 0) is 17.8 Å². The summed E-state index contributed by atoms with van der Waals surface area (Å²) in [5.74, 6) is -1.29. The second-order valence-electron chi connectivity index (χ2n) is 6.40. The molecule has 0 fully saturated rings. The minimum atomic E-state index is -1.05. The Labute approximate surface area is 175 Å². The van der Waals surface area contributed by atoms with Crippen molar-refractivity contribution in [1.82, 2.24) is 9.55 Å². The molecule has 1 amide bonds. The van der Waals surface area contributed by atoms with Crippen LogP contribution in [0.1, 0.15) is 34.6 Å². The van der Waals surface area contributed by atoms with Gasteiger partial charge in [0.25, 0.3) is 5.56 Å². The summed E-state index contributed by atoms with van der Waals surface area (Å²) in [6.45, 7) is 6.15. The fraction of sp³-hybridized carbons (Fsp3) is 0.300. The standard InChI is InChI=1S/C20H21N3O4S2/c1-4-13-9-14-17(29-13)22-20(23(5-2)18(14)25)28-10-16(24)21-15-8-12(19(26)27)7-6-11(15)3/h6-9H,4-5,10H2,1-3H3,(H,21,24)(H,26,27). The molecule has 0 bridgehead atoms. The molecule has 0 aliphatic heterocycles. The normalized spacial score (nSPS) is 11.0. The summed E-state index contributed by atoms with van der Waals surface area (Å²) in [4.78, 5) is 42.7. The topological polar surface area (TPSA) is 101 Å². The lowest BCUT2D eigenvalue weighted by molar-refractivity contribution is -0.113. The summed E-state index contributed by atoms with van der Waals surface area (Å²) in [7, 11) is 0. The first-order chi connectivity index (χ1) is 13.8. The van der Waals surface area contributed by atoms with Crippen LogP contribution < -0.4 is 10.9 Å². The Kier molecular flexibility index (Phi) is 6.39. The number of thioether (sulfide) groups is 1. The second-order valence-corrected chi connectivity index (χ2v) is 8.46. The number of amides is 1. The van der Waals surface area contributed by atoms with Crippen LogP contribution in [0.15, 0.2) is 34.2 Å². The first-order valence-electron chi connectivity index (χ1n) is 9.13. The van der Waals surface area contributed by atoms with Crippen LogP contribution in [0.25, 0.3) is 10.2 Å². The van der Waals surface area contributed by atoms with E-state index in [4.69, 9.17) is 5.11 Å². The van der Waals surface area contributed by atoms with Gasteiger partial charge in [-0.2, -0.15) is 0 Å². The highest BCUT2D eigenvalue weighted by atomic mass is 32.2. The lowest BCUT2D eigenvalue weighted by Crippen LogP contribution is -2.23. The van der Waals surface area contributed by atoms with E-state index in [1.54, 1.807) is 17.6 Å². The van der Waals surface area contributed by atoms with E-state index in [-0.39, 0.29) is 22.8 Å². The van der Waals surface area contributed by atoms with Crippen molar-refractivity contribution < 1.29 is 14.7 Å². The van der Waals surface area contributed by atoms with Gasteiger partial charge in [-0.05, 0) is 44.0 Å². The fourth-order valence-corrected chi connectivity index (χ4v) is 4.69. The predicted octanol–water partition coefficient (Wildman–Crippen LogP) is 3.78. The van der Waals surface area contributed by atoms with E-state index < -0.39 is 5.97 Å². The molecular weight excluding hydrogens is 410 g/mol. The quantitative estimate of drug-likeness (QED) is 0.436. The largest absolute Gasteiger partial charge is 0.478 e. The number of anilines is 1. The Balaban J connectivity index is 1.80.